The Morgan fingerprint density at radius 2 is 1.63 bits per heavy atom. The predicted octanol–water partition coefficient (Wildman–Crippen LogP) is 3.20. The van der Waals surface area contributed by atoms with Gasteiger partial charge in [-0.2, -0.15) is 5.10 Å². The molecule has 0 spiro atoms. The first-order valence-electron chi connectivity index (χ1n) is 8.59. The van der Waals surface area contributed by atoms with E-state index in [0.29, 0.717) is 23.6 Å². The SMILES string of the molecule is CCOc1ccc(-c2ccc(=O)n(CC(=O)c3ccc(OC)cc3)n2)cc1. The maximum absolute atomic E-state index is 12.5. The number of ether oxygens (including phenoxy) is 2. The number of rotatable bonds is 7. The molecule has 0 aliphatic carbocycles. The topological polar surface area (TPSA) is 70.4 Å². The fourth-order valence-electron chi connectivity index (χ4n) is 2.61. The highest BCUT2D eigenvalue weighted by atomic mass is 16.5. The minimum atomic E-state index is -0.327. The van der Waals surface area contributed by atoms with Crippen LogP contribution < -0.4 is 15.0 Å². The maximum Gasteiger partial charge on any atom is 0.267 e. The number of aromatic nitrogens is 2. The number of hydrogen-bond donors (Lipinski definition) is 0. The molecule has 3 rings (SSSR count). The molecule has 0 fully saturated rings. The Kier molecular flexibility index (Phi) is 5.66. The second-order valence-corrected chi connectivity index (χ2v) is 5.82. The van der Waals surface area contributed by atoms with Gasteiger partial charge >= 0.3 is 0 Å². The smallest absolute Gasteiger partial charge is 0.267 e. The minimum Gasteiger partial charge on any atom is -0.497 e. The monoisotopic (exact) mass is 364 g/mol. The van der Waals surface area contributed by atoms with E-state index in [-0.39, 0.29) is 17.9 Å². The highest BCUT2D eigenvalue weighted by molar-refractivity contribution is 5.95. The molecule has 0 bridgehead atoms. The van der Waals surface area contributed by atoms with E-state index in [0.717, 1.165) is 11.3 Å². The van der Waals surface area contributed by atoms with Crippen molar-refractivity contribution in [2.24, 2.45) is 0 Å². The lowest BCUT2D eigenvalue weighted by Crippen LogP contribution is -2.26. The standard InChI is InChI=1S/C21H20N2O4/c1-3-27-18-10-4-15(5-11-18)19-12-13-21(25)23(22-19)14-20(24)16-6-8-17(26-2)9-7-16/h4-13H,3,14H2,1-2H3. The third-order valence-electron chi connectivity index (χ3n) is 4.03. The van der Waals surface area contributed by atoms with Gasteiger partial charge in [-0.1, -0.05) is 0 Å². The van der Waals surface area contributed by atoms with Gasteiger partial charge in [0.25, 0.3) is 5.56 Å². The quantitative estimate of drug-likeness (QED) is 0.602. The van der Waals surface area contributed by atoms with Gasteiger partial charge in [0.15, 0.2) is 5.78 Å². The predicted molar refractivity (Wildman–Crippen MR) is 102 cm³/mol. The molecule has 0 unspecified atom stereocenters. The van der Waals surface area contributed by atoms with Crippen molar-refractivity contribution in [1.82, 2.24) is 9.78 Å². The molecule has 6 heteroatoms. The molecular weight excluding hydrogens is 344 g/mol. The van der Waals surface area contributed by atoms with Crippen molar-refractivity contribution in [3.63, 3.8) is 0 Å². The van der Waals surface area contributed by atoms with Gasteiger partial charge in [-0.15, -0.1) is 0 Å². The van der Waals surface area contributed by atoms with Gasteiger partial charge in [-0.3, -0.25) is 9.59 Å². The highest BCUT2D eigenvalue weighted by Gasteiger charge is 2.11. The Bertz CT molecular complexity index is 976. The Labute approximate surface area is 157 Å². The summed E-state index contributed by atoms with van der Waals surface area (Å²) in [7, 11) is 1.56. The molecule has 0 N–H and O–H groups in total. The third-order valence-corrected chi connectivity index (χ3v) is 4.03. The van der Waals surface area contributed by atoms with Crippen molar-refractivity contribution in [3.8, 4) is 22.8 Å². The van der Waals surface area contributed by atoms with Crippen molar-refractivity contribution in [2.45, 2.75) is 13.5 Å². The zero-order valence-electron chi connectivity index (χ0n) is 15.2. The summed E-state index contributed by atoms with van der Waals surface area (Å²) in [6, 6.07) is 17.2. The van der Waals surface area contributed by atoms with E-state index >= 15 is 0 Å². The Morgan fingerprint density at radius 1 is 0.963 bits per heavy atom. The number of carbonyl (C=O) groups is 1. The fourth-order valence-corrected chi connectivity index (χ4v) is 2.61. The summed E-state index contributed by atoms with van der Waals surface area (Å²) >= 11 is 0. The Balaban J connectivity index is 1.82. The number of benzene rings is 2. The lowest BCUT2D eigenvalue weighted by Gasteiger charge is -2.08. The van der Waals surface area contributed by atoms with E-state index in [1.165, 1.54) is 10.7 Å². The second kappa shape index (κ2) is 8.31. The van der Waals surface area contributed by atoms with Crippen LogP contribution in [0.5, 0.6) is 11.5 Å². The molecule has 138 valence electrons. The van der Waals surface area contributed by atoms with Crippen molar-refractivity contribution in [1.29, 1.82) is 0 Å². The first-order valence-corrected chi connectivity index (χ1v) is 8.59. The number of nitrogens with zero attached hydrogens (tertiary/aromatic N) is 2. The number of ketones is 1. The van der Waals surface area contributed by atoms with Crippen LogP contribution in [0.25, 0.3) is 11.3 Å². The van der Waals surface area contributed by atoms with Crippen molar-refractivity contribution >= 4 is 5.78 Å². The number of hydrogen-bond acceptors (Lipinski definition) is 5. The average Bonchev–Trinajstić information content (AvgIpc) is 2.70. The van der Waals surface area contributed by atoms with E-state index < -0.39 is 0 Å². The van der Waals surface area contributed by atoms with Crippen molar-refractivity contribution < 1.29 is 14.3 Å². The molecule has 0 atom stereocenters. The summed E-state index contributed by atoms with van der Waals surface area (Å²) in [4.78, 5) is 24.6. The van der Waals surface area contributed by atoms with Gasteiger partial charge < -0.3 is 9.47 Å². The van der Waals surface area contributed by atoms with Crippen LogP contribution in [0.3, 0.4) is 0 Å². The summed E-state index contributed by atoms with van der Waals surface area (Å²) in [5, 5.41) is 4.34. The molecule has 0 saturated carbocycles. The van der Waals surface area contributed by atoms with E-state index in [1.54, 1.807) is 37.4 Å². The van der Waals surface area contributed by atoms with E-state index in [9.17, 15) is 9.59 Å². The fraction of sp³-hybridized carbons (Fsp3) is 0.190. The minimum absolute atomic E-state index is 0.129. The summed E-state index contributed by atoms with van der Waals surface area (Å²) in [6.07, 6.45) is 0. The summed E-state index contributed by atoms with van der Waals surface area (Å²) < 4.78 is 11.7. The van der Waals surface area contributed by atoms with Crippen LogP contribution in [0, 0.1) is 0 Å². The molecule has 0 aliphatic heterocycles. The average molecular weight is 364 g/mol. The van der Waals surface area contributed by atoms with Crippen LogP contribution in [-0.4, -0.2) is 29.3 Å². The lowest BCUT2D eigenvalue weighted by molar-refractivity contribution is 0.0966. The molecular formula is C21H20N2O4. The van der Waals surface area contributed by atoms with E-state index in [1.807, 2.05) is 31.2 Å². The Hall–Kier alpha value is -3.41. The van der Waals surface area contributed by atoms with Crippen LogP contribution in [0.1, 0.15) is 17.3 Å². The van der Waals surface area contributed by atoms with Crippen LogP contribution in [-0.2, 0) is 6.54 Å². The van der Waals surface area contributed by atoms with Gasteiger partial charge in [-0.25, -0.2) is 4.68 Å². The van der Waals surface area contributed by atoms with Gasteiger partial charge in [0.05, 0.1) is 19.4 Å². The highest BCUT2D eigenvalue weighted by Crippen LogP contribution is 2.20. The van der Waals surface area contributed by atoms with E-state index in [2.05, 4.69) is 5.10 Å². The number of carbonyl (C=O) groups excluding carboxylic acids is 1. The second-order valence-electron chi connectivity index (χ2n) is 5.82. The molecule has 3 aromatic rings. The molecule has 0 saturated heterocycles. The molecule has 1 aromatic heterocycles. The maximum atomic E-state index is 12.5. The molecule has 2 aromatic carbocycles. The Morgan fingerprint density at radius 3 is 2.26 bits per heavy atom. The lowest BCUT2D eigenvalue weighted by atomic mass is 10.1. The normalized spacial score (nSPS) is 10.4. The zero-order valence-corrected chi connectivity index (χ0v) is 15.2. The molecule has 1 heterocycles. The van der Waals surface area contributed by atoms with Crippen LogP contribution in [0.4, 0.5) is 0 Å². The number of methoxy groups -OCH3 is 1. The van der Waals surface area contributed by atoms with Crippen molar-refractivity contribution in [2.75, 3.05) is 13.7 Å². The van der Waals surface area contributed by atoms with Crippen LogP contribution in [0.15, 0.2) is 65.5 Å². The van der Waals surface area contributed by atoms with Gasteiger partial charge in [-0.05, 0) is 61.5 Å². The zero-order chi connectivity index (χ0) is 19.2. The third kappa shape index (κ3) is 4.41. The molecule has 6 nitrogen and oxygen atoms in total. The van der Waals surface area contributed by atoms with Crippen molar-refractivity contribution in [3.05, 3.63) is 76.6 Å². The molecule has 0 amide bonds. The van der Waals surface area contributed by atoms with Gasteiger partial charge in [0.2, 0.25) is 0 Å². The van der Waals surface area contributed by atoms with Crippen LogP contribution >= 0.6 is 0 Å². The van der Waals surface area contributed by atoms with Gasteiger partial charge in [0.1, 0.15) is 18.0 Å². The summed E-state index contributed by atoms with van der Waals surface area (Å²) in [5.74, 6) is 1.24. The first-order chi connectivity index (χ1) is 13.1. The molecule has 0 aliphatic rings. The molecule has 0 radical (unpaired) electrons. The first kappa shape index (κ1) is 18.4. The molecule has 27 heavy (non-hydrogen) atoms. The number of Topliss-reactive ketones (excluding diaryl/α,β-unsaturated/α-hetero) is 1. The van der Waals surface area contributed by atoms with Crippen LogP contribution in [0.2, 0.25) is 0 Å². The largest absolute Gasteiger partial charge is 0.497 e. The van der Waals surface area contributed by atoms with E-state index in [4.69, 9.17) is 9.47 Å². The summed E-state index contributed by atoms with van der Waals surface area (Å²) in [6.45, 7) is 2.39. The summed E-state index contributed by atoms with van der Waals surface area (Å²) in [5.41, 5.74) is 1.62. The van der Waals surface area contributed by atoms with Gasteiger partial charge in [0, 0.05) is 17.2 Å².